The van der Waals surface area contributed by atoms with Crippen LogP contribution in [0.4, 0.5) is 4.79 Å². The van der Waals surface area contributed by atoms with Crippen LogP contribution in [0.5, 0.6) is 0 Å². The predicted octanol–water partition coefficient (Wildman–Crippen LogP) is 2.27. The number of hydrogen-bond donors (Lipinski definition) is 1. The van der Waals surface area contributed by atoms with Gasteiger partial charge in [-0.1, -0.05) is 6.08 Å². The van der Waals surface area contributed by atoms with Gasteiger partial charge in [0.15, 0.2) is 0 Å². The number of likely N-dealkylation sites (tertiary alicyclic amines) is 1. The number of carbonyl (C=O) groups excluding carboxylic acids is 1. The van der Waals surface area contributed by atoms with Gasteiger partial charge in [0, 0.05) is 6.54 Å². The normalized spacial score (nSPS) is 24.5. The maximum Gasteiger partial charge on any atom is 0.408 e. The van der Waals surface area contributed by atoms with Crippen molar-refractivity contribution < 1.29 is 19.4 Å². The number of carboxylic acid groups (broad SMARTS) is 1. The molecule has 102 valence electrons. The van der Waals surface area contributed by atoms with Crippen LogP contribution in [-0.2, 0) is 9.53 Å². The fraction of sp³-hybridized carbons (Fsp3) is 0.692. The molecular formula is C13H21NO4. The summed E-state index contributed by atoms with van der Waals surface area (Å²) < 4.78 is 5.27. The minimum Gasteiger partial charge on any atom is -0.465 e. The average Bonchev–Trinajstić information content (AvgIpc) is 2.25. The van der Waals surface area contributed by atoms with Crippen molar-refractivity contribution in [2.24, 2.45) is 5.92 Å². The highest BCUT2D eigenvalue weighted by Gasteiger charge is 2.37. The molecular weight excluding hydrogens is 234 g/mol. The number of carbonyl (C=O) groups is 2. The molecule has 0 aromatic carbocycles. The highest BCUT2D eigenvalue weighted by molar-refractivity contribution is 5.81. The summed E-state index contributed by atoms with van der Waals surface area (Å²) in [5, 5.41) is 9.11. The molecule has 1 N–H and O–H groups in total. The lowest BCUT2D eigenvalue weighted by molar-refractivity contribution is -0.162. The summed E-state index contributed by atoms with van der Waals surface area (Å²) >= 11 is 0. The predicted molar refractivity (Wildman–Crippen MR) is 67.3 cm³/mol. The first-order valence-corrected chi connectivity index (χ1v) is 6.09. The Labute approximate surface area is 107 Å². The molecule has 1 saturated heterocycles. The molecule has 1 heterocycles. The molecule has 5 nitrogen and oxygen atoms in total. The van der Waals surface area contributed by atoms with Crippen LogP contribution in [0.2, 0.25) is 0 Å². The van der Waals surface area contributed by atoms with Gasteiger partial charge in [0.05, 0.1) is 0 Å². The summed E-state index contributed by atoms with van der Waals surface area (Å²) in [5.74, 6) is -0.311. The zero-order valence-corrected chi connectivity index (χ0v) is 11.2. The van der Waals surface area contributed by atoms with Crippen molar-refractivity contribution in [2.75, 3.05) is 6.54 Å². The maximum atomic E-state index is 12.0. The van der Waals surface area contributed by atoms with E-state index in [1.54, 1.807) is 26.8 Å². The Bertz CT molecular complexity index is 345. The van der Waals surface area contributed by atoms with Crippen LogP contribution in [0.3, 0.4) is 0 Å². The zero-order chi connectivity index (χ0) is 13.9. The minimum absolute atomic E-state index is 0.165. The lowest BCUT2D eigenvalue weighted by Gasteiger charge is -2.36. The topological polar surface area (TPSA) is 66.8 Å². The zero-order valence-electron chi connectivity index (χ0n) is 11.2. The molecule has 1 amide bonds. The van der Waals surface area contributed by atoms with Gasteiger partial charge >= 0.3 is 12.1 Å². The van der Waals surface area contributed by atoms with E-state index in [1.807, 2.05) is 0 Å². The van der Waals surface area contributed by atoms with Gasteiger partial charge in [0.2, 0.25) is 0 Å². The quantitative estimate of drug-likeness (QED) is 0.607. The van der Waals surface area contributed by atoms with Crippen molar-refractivity contribution in [3.63, 3.8) is 0 Å². The van der Waals surface area contributed by atoms with E-state index in [0.29, 0.717) is 19.4 Å². The van der Waals surface area contributed by atoms with Crippen molar-refractivity contribution in [2.45, 2.75) is 45.3 Å². The number of nitrogens with zero attached hydrogens (tertiary/aromatic N) is 1. The summed E-state index contributed by atoms with van der Waals surface area (Å²) in [6.45, 7) is 9.35. The van der Waals surface area contributed by atoms with Gasteiger partial charge in [0.25, 0.3) is 0 Å². The van der Waals surface area contributed by atoms with E-state index >= 15 is 0 Å². The SMILES string of the molecule is C=CC1CCN(C(=O)O)C(C(=O)OC(C)(C)C)C1. The molecule has 1 rings (SSSR count). The Kier molecular flexibility index (Phi) is 4.38. The molecule has 2 atom stereocenters. The summed E-state index contributed by atoms with van der Waals surface area (Å²) in [6, 6.07) is -0.724. The Hall–Kier alpha value is -1.52. The maximum absolute atomic E-state index is 12.0. The molecule has 2 unspecified atom stereocenters. The van der Waals surface area contributed by atoms with Gasteiger partial charge < -0.3 is 9.84 Å². The van der Waals surface area contributed by atoms with E-state index in [2.05, 4.69) is 6.58 Å². The molecule has 0 aromatic heterocycles. The Morgan fingerprint density at radius 2 is 2.06 bits per heavy atom. The second-order valence-corrected chi connectivity index (χ2v) is 5.55. The number of ether oxygens (including phenoxy) is 1. The smallest absolute Gasteiger partial charge is 0.408 e. The van der Waals surface area contributed by atoms with E-state index in [9.17, 15) is 9.59 Å². The summed E-state index contributed by atoms with van der Waals surface area (Å²) in [6.07, 6.45) is 1.85. The molecule has 1 fully saturated rings. The van der Waals surface area contributed by atoms with Crippen LogP contribution in [0.25, 0.3) is 0 Å². The van der Waals surface area contributed by atoms with Crippen LogP contribution in [-0.4, -0.2) is 40.3 Å². The second-order valence-electron chi connectivity index (χ2n) is 5.55. The molecule has 5 heteroatoms. The van der Waals surface area contributed by atoms with E-state index < -0.39 is 23.7 Å². The van der Waals surface area contributed by atoms with Crippen molar-refractivity contribution in [1.29, 1.82) is 0 Å². The molecule has 18 heavy (non-hydrogen) atoms. The fourth-order valence-corrected chi connectivity index (χ4v) is 2.03. The van der Waals surface area contributed by atoms with Crippen molar-refractivity contribution in [1.82, 2.24) is 4.90 Å². The highest BCUT2D eigenvalue weighted by Crippen LogP contribution is 2.25. The van der Waals surface area contributed by atoms with E-state index in [0.717, 1.165) is 4.90 Å². The van der Waals surface area contributed by atoms with Gasteiger partial charge in [-0.05, 0) is 39.5 Å². The number of allylic oxidation sites excluding steroid dienone is 1. The average molecular weight is 255 g/mol. The first-order valence-electron chi connectivity index (χ1n) is 6.09. The molecule has 1 aliphatic rings. The minimum atomic E-state index is -1.08. The van der Waals surface area contributed by atoms with Gasteiger partial charge in [-0.2, -0.15) is 0 Å². The lowest BCUT2D eigenvalue weighted by atomic mass is 9.91. The highest BCUT2D eigenvalue weighted by atomic mass is 16.6. The van der Waals surface area contributed by atoms with Gasteiger partial charge in [-0.15, -0.1) is 6.58 Å². The van der Waals surface area contributed by atoms with Crippen LogP contribution >= 0.6 is 0 Å². The number of esters is 1. The summed E-state index contributed by atoms with van der Waals surface area (Å²) in [7, 11) is 0. The molecule has 0 radical (unpaired) electrons. The molecule has 1 aliphatic heterocycles. The number of rotatable bonds is 2. The van der Waals surface area contributed by atoms with E-state index in [1.165, 1.54) is 0 Å². The first kappa shape index (κ1) is 14.5. The third-order valence-corrected chi connectivity index (χ3v) is 2.90. The van der Waals surface area contributed by atoms with Crippen molar-refractivity contribution in [3.05, 3.63) is 12.7 Å². The Morgan fingerprint density at radius 1 is 1.44 bits per heavy atom. The number of hydrogen-bond acceptors (Lipinski definition) is 3. The molecule has 0 saturated carbocycles. The van der Waals surface area contributed by atoms with E-state index in [4.69, 9.17) is 9.84 Å². The second kappa shape index (κ2) is 5.42. The number of amides is 1. The molecule has 0 aromatic rings. The van der Waals surface area contributed by atoms with Crippen molar-refractivity contribution >= 4 is 12.1 Å². The Morgan fingerprint density at radius 3 is 2.50 bits per heavy atom. The molecule has 0 spiro atoms. The third kappa shape index (κ3) is 3.75. The summed E-state index contributed by atoms with van der Waals surface area (Å²) in [4.78, 5) is 24.3. The van der Waals surface area contributed by atoms with Crippen LogP contribution in [0.1, 0.15) is 33.6 Å². The standard InChI is InChI=1S/C13H21NO4/c1-5-9-6-7-14(12(16)17)10(8-9)11(15)18-13(2,3)4/h5,9-10H,1,6-8H2,2-4H3,(H,16,17). The Balaban J connectivity index is 2.81. The summed E-state index contributed by atoms with van der Waals surface area (Å²) in [5.41, 5.74) is -0.609. The van der Waals surface area contributed by atoms with Gasteiger partial charge in [-0.25, -0.2) is 9.59 Å². The van der Waals surface area contributed by atoms with E-state index in [-0.39, 0.29) is 5.92 Å². The number of piperidine rings is 1. The van der Waals surface area contributed by atoms with Gasteiger partial charge in [-0.3, -0.25) is 4.90 Å². The first-order chi connectivity index (χ1) is 8.24. The van der Waals surface area contributed by atoms with Crippen LogP contribution in [0.15, 0.2) is 12.7 Å². The molecule has 0 bridgehead atoms. The van der Waals surface area contributed by atoms with Crippen LogP contribution in [0, 0.1) is 5.92 Å². The lowest BCUT2D eigenvalue weighted by Crippen LogP contribution is -2.51. The monoisotopic (exact) mass is 255 g/mol. The third-order valence-electron chi connectivity index (χ3n) is 2.90. The molecule has 0 aliphatic carbocycles. The fourth-order valence-electron chi connectivity index (χ4n) is 2.03. The van der Waals surface area contributed by atoms with Crippen LogP contribution < -0.4 is 0 Å². The van der Waals surface area contributed by atoms with Gasteiger partial charge in [0.1, 0.15) is 11.6 Å². The largest absolute Gasteiger partial charge is 0.465 e. The van der Waals surface area contributed by atoms with Crippen molar-refractivity contribution in [3.8, 4) is 0 Å².